The summed E-state index contributed by atoms with van der Waals surface area (Å²) in [5, 5.41) is 9.62. The Labute approximate surface area is 193 Å². The van der Waals surface area contributed by atoms with Gasteiger partial charge in [0.2, 0.25) is 5.91 Å². The minimum absolute atomic E-state index is 0.136. The topological polar surface area (TPSA) is 47.0 Å². The molecule has 6 heteroatoms. The number of hydrogen-bond acceptors (Lipinski definition) is 4. The van der Waals surface area contributed by atoms with E-state index in [1.807, 2.05) is 40.1 Å². The molecule has 1 saturated heterocycles. The summed E-state index contributed by atoms with van der Waals surface area (Å²) in [5.41, 5.74) is 4.15. The summed E-state index contributed by atoms with van der Waals surface area (Å²) in [5.74, 6) is 0.154. The van der Waals surface area contributed by atoms with Crippen LogP contribution in [0, 0.1) is 5.82 Å². The lowest BCUT2D eigenvalue weighted by atomic mass is 9.92. The van der Waals surface area contributed by atoms with Gasteiger partial charge in [-0.3, -0.25) is 9.69 Å². The SMILES string of the molecule is O=C(C1Cc2ccccc2CN1Cc1ccc(O)cc1)N1CCN(c2ccccc2F)CC1. The van der Waals surface area contributed by atoms with Crippen LogP contribution in [-0.4, -0.2) is 53.0 Å². The summed E-state index contributed by atoms with van der Waals surface area (Å²) in [6.07, 6.45) is 0.681. The van der Waals surface area contributed by atoms with Gasteiger partial charge >= 0.3 is 0 Å². The van der Waals surface area contributed by atoms with Crippen LogP contribution in [0.3, 0.4) is 0 Å². The zero-order valence-electron chi connectivity index (χ0n) is 18.5. The van der Waals surface area contributed by atoms with Crippen molar-refractivity contribution in [2.24, 2.45) is 0 Å². The molecule has 5 nitrogen and oxygen atoms in total. The maximum atomic E-state index is 14.2. The number of fused-ring (bicyclic) bond motifs is 1. The predicted molar refractivity (Wildman–Crippen MR) is 126 cm³/mol. The molecule has 2 heterocycles. The van der Waals surface area contributed by atoms with E-state index in [1.54, 1.807) is 24.3 Å². The number of aromatic hydroxyl groups is 1. The average molecular weight is 446 g/mol. The molecule has 1 amide bonds. The highest BCUT2D eigenvalue weighted by Gasteiger charge is 2.35. The first-order valence-electron chi connectivity index (χ1n) is 11.5. The molecule has 170 valence electrons. The van der Waals surface area contributed by atoms with Crippen molar-refractivity contribution in [2.75, 3.05) is 31.1 Å². The highest BCUT2D eigenvalue weighted by atomic mass is 19.1. The fourth-order valence-electron chi connectivity index (χ4n) is 4.91. The van der Waals surface area contributed by atoms with E-state index in [9.17, 15) is 14.3 Å². The number of anilines is 1. The van der Waals surface area contributed by atoms with Crippen LogP contribution in [0.15, 0.2) is 72.8 Å². The van der Waals surface area contributed by atoms with Gasteiger partial charge in [0.25, 0.3) is 0 Å². The number of phenolic OH excluding ortho intramolecular Hbond substituents is 1. The van der Waals surface area contributed by atoms with Crippen molar-refractivity contribution in [1.29, 1.82) is 0 Å². The van der Waals surface area contributed by atoms with Crippen LogP contribution in [0.5, 0.6) is 5.75 Å². The molecule has 1 N–H and O–H groups in total. The van der Waals surface area contributed by atoms with Gasteiger partial charge in [0.15, 0.2) is 0 Å². The number of amides is 1. The van der Waals surface area contributed by atoms with Crippen LogP contribution in [-0.2, 0) is 24.3 Å². The standard InChI is InChI=1S/C27H28FN3O2/c28-24-7-3-4-8-25(24)29-13-15-30(16-14-29)27(33)26-17-21-5-1-2-6-22(21)19-31(26)18-20-9-11-23(32)12-10-20/h1-12,26,32H,13-19H2. The molecule has 2 aliphatic heterocycles. The lowest BCUT2D eigenvalue weighted by Gasteiger charge is -2.42. The third-order valence-corrected chi connectivity index (χ3v) is 6.74. The largest absolute Gasteiger partial charge is 0.508 e. The molecular weight excluding hydrogens is 417 g/mol. The van der Waals surface area contributed by atoms with E-state index < -0.39 is 0 Å². The number of nitrogens with zero attached hydrogens (tertiary/aromatic N) is 3. The summed E-state index contributed by atoms with van der Waals surface area (Å²) in [7, 11) is 0. The molecule has 0 aromatic heterocycles. The number of carbonyl (C=O) groups excluding carboxylic acids is 1. The Hall–Kier alpha value is -3.38. The lowest BCUT2D eigenvalue weighted by molar-refractivity contribution is -0.138. The van der Waals surface area contributed by atoms with E-state index in [1.165, 1.54) is 17.2 Å². The van der Waals surface area contributed by atoms with Crippen molar-refractivity contribution in [1.82, 2.24) is 9.80 Å². The summed E-state index contributed by atoms with van der Waals surface area (Å²) in [4.78, 5) is 19.9. The van der Waals surface area contributed by atoms with E-state index in [4.69, 9.17) is 0 Å². The van der Waals surface area contributed by atoms with Gasteiger partial charge in [-0.1, -0.05) is 48.5 Å². The van der Waals surface area contributed by atoms with Gasteiger partial charge in [-0.2, -0.15) is 0 Å². The maximum Gasteiger partial charge on any atom is 0.240 e. The summed E-state index contributed by atoms with van der Waals surface area (Å²) in [6, 6.07) is 22.1. The Bertz CT molecular complexity index is 1130. The normalized spacial score (nSPS) is 18.8. The first kappa shape index (κ1) is 21.5. The van der Waals surface area contributed by atoms with Gasteiger partial charge < -0.3 is 14.9 Å². The maximum absolute atomic E-state index is 14.2. The van der Waals surface area contributed by atoms with Crippen LogP contribution in [0.4, 0.5) is 10.1 Å². The third-order valence-electron chi connectivity index (χ3n) is 6.74. The van der Waals surface area contributed by atoms with E-state index in [0.29, 0.717) is 51.4 Å². The molecule has 0 saturated carbocycles. The van der Waals surface area contributed by atoms with E-state index >= 15 is 0 Å². The molecule has 2 aliphatic rings. The first-order chi connectivity index (χ1) is 16.1. The fourth-order valence-corrected chi connectivity index (χ4v) is 4.91. The van der Waals surface area contributed by atoms with Crippen LogP contribution >= 0.6 is 0 Å². The van der Waals surface area contributed by atoms with E-state index in [2.05, 4.69) is 17.0 Å². The van der Waals surface area contributed by atoms with Crippen LogP contribution < -0.4 is 4.90 Å². The van der Waals surface area contributed by atoms with Gasteiger partial charge in [-0.05, 0) is 47.4 Å². The fraction of sp³-hybridized carbons (Fsp3) is 0.296. The Balaban J connectivity index is 1.32. The number of para-hydroxylation sites is 1. The number of phenols is 1. The van der Waals surface area contributed by atoms with Crippen molar-refractivity contribution in [3.63, 3.8) is 0 Å². The van der Waals surface area contributed by atoms with Crippen molar-refractivity contribution >= 4 is 11.6 Å². The van der Waals surface area contributed by atoms with Crippen molar-refractivity contribution in [3.05, 3.63) is 95.3 Å². The highest BCUT2D eigenvalue weighted by Crippen LogP contribution is 2.27. The second kappa shape index (κ2) is 9.24. The molecule has 0 spiro atoms. The van der Waals surface area contributed by atoms with Crippen LogP contribution in [0.1, 0.15) is 16.7 Å². The number of halogens is 1. The van der Waals surface area contributed by atoms with Gasteiger partial charge in [0, 0.05) is 39.3 Å². The Morgan fingerprint density at radius 3 is 2.27 bits per heavy atom. The average Bonchev–Trinajstić information content (AvgIpc) is 2.85. The van der Waals surface area contributed by atoms with Crippen molar-refractivity contribution < 1.29 is 14.3 Å². The quantitative estimate of drug-likeness (QED) is 0.664. The van der Waals surface area contributed by atoms with E-state index in [-0.39, 0.29) is 23.5 Å². The monoisotopic (exact) mass is 445 g/mol. The van der Waals surface area contributed by atoms with Gasteiger partial charge in [0.1, 0.15) is 11.6 Å². The molecule has 3 aromatic carbocycles. The molecule has 5 rings (SSSR count). The highest BCUT2D eigenvalue weighted by molar-refractivity contribution is 5.83. The summed E-state index contributed by atoms with van der Waals surface area (Å²) < 4.78 is 14.2. The van der Waals surface area contributed by atoms with Crippen molar-refractivity contribution in [3.8, 4) is 5.75 Å². The lowest BCUT2D eigenvalue weighted by Crippen LogP contribution is -2.56. The molecule has 3 aromatic rings. The zero-order valence-corrected chi connectivity index (χ0v) is 18.5. The van der Waals surface area contributed by atoms with Gasteiger partial charge in [-0.25, -0.2) is 4.39 Å². The summed E-state index contributed by atoms with van der Waals surface area (Å²) in [6.45, 7) is 3.75. The van der Waals surface area contributed by atoms with Gasteiger partial charge in [-0.15, -0.1) is 0 Å². The van der Waals surface area contributed by atoms with E-state index in [0.717, 1.165) is 5.56 Å². The molecule has 1 fully saturated rings. The smallest absolute Gasteiger partial charge is 0.240 e. The van der Waals surface area contributed by atoms with Crippen LogP contribution in [0.25, 0.3) is 0 Å². The number of carbonyl (C=O) groups is 1. The molecule has 0 radical (unpaired) electrons. The molecule has 1 atom stereocenters. The predicted octanol–water partition coefficient (Wildman–Crippen LogP) is 3.81. The second-order valence-electron chi connectivity index (χ2n) is 8.82. The molecule has 1 unspecified atom stereocenters. The molecule has 0 bridgehead atoms. The second-order valence-corrected chi connectivity index (χ2v) is 8.82. The minimum atomic E-state index is -0.242. The number of benzene rings is 3. The molecular formula is C27H28FN3O2. The molecule has 0 aliphatic carbocycles. The number of piperazine rings is 1. The Morgan fingerprint density at radius 2 is 1.55 bits per heavy atom. The Kier molecular flexibility index (Phi) is 6.01. The summed E-state index contributed by atoms with van der Waals surface area (Å²) >= 11 is 0. The third kappa shape index (κ3) is 4.57. The molecule has 33 heavy (non-hydrogen) atoms. The number of rotatable bonds is 4. The minimum Gasteiger partial charge on any atom is -0.508 e. The Morgan fingerprint density at radius 1 is 0.879 bits per heavy atom. The van der Waals surface area contributed by atoms with Crippen molar-refractivity contribution in [2.45, 2.75) is 25.6 Å². The van der Waals surface area contributed by atoms with Gasteiger partial charge in [0.05, 0.1) is 11.7 Å². The number of hydrogen-bond donors (Lipinski definition) is 1. The van der Waals surface area contributed by atoms with Crippen LogP contribution in [0.2, 0.25) is 0 Å². The first-order valence-corrected chi connectivity index (χ1v) is 11.5. The zero-order chi connectivity index (χ0) is 22.8.